The number of hydrogen-bond donors (Lipinski definition) is 2. The maximum absolute atomic E-state index is 9.53. The summed E-state index contributed by atoms with van der Waals surface area (Å²) in [4.78, 5) is 9.53. The van der Waals surface area contributed by atoms with Gasteiger partial charge in [-0.25, -0.2) is 0 Å². The third-order valence-electron chi connectivity index (χ3n) is 0.447. The van der Waals surface area contributed by atoms with Gasteiger partial charge in [0.1, 0.15) is 6.29 Å². The van der Waals surface area contributed by atoms with Gasteiger partial charge in [-0.2, -0.15) is 0 Å². The Balaban J connectivity index is 2.96. The van der Waals surface area contributed by atoms with E-state index in [1.165, 1.54) is 0 Å². The molecule has 36 valence electrons. The zero-order valence-electron chi connectivity index (χ0n) is 3.42. The van der Waals surface area contributed by atoms with Gasteiger partial charge in [0.25, 0.3) is 0 Å². The zero-order valence-corrected chi connectivity index (χ0v) is 3.42. The Hall–Kier alpha value is -0.410. The molecule has 0 fully saturated rings. The predicted molar refractivity (Wildman–Crippen MR) is 23.1 cm³/mol. The number of rotatable bonds is 2. The summed E-state index contributed by atoms with van der Waals surface area (Å²) < 4.78 is 0. The lowest BCUT2D eigenvalue weighted by atomic mass is 10.4. The van der Waals surface area contributed by atoms with Crippen LogP contribution in [0.25, 0.3) is 0 Å². The standard InChI is InChI=1S/C3H8N2O/c4-1-3(5)2-6/h2-3H,1,4-5H2. The molecule has 0 radical (unpaired) electrons. The number of nitrogens with two attached hydrogens (primary N) is 2. The second-order valence-electron chi connectivity index (χ2n) is 1.04. The van der Waals surface area contributed by atoms with Gasteiger partial charge in [-0.3, -0.25) is 0 Å². The highest BCUT2D eigenvalue weighted by atomic mass is 16.1. The van der Waals surface area contributed by atoms with Crippen LogP contribution in [0, 0.1) is 0 Å². The minimum absolute atomic E-state index is 0.240. The van der Waals surface area contributed by atoms with Crippen molar-refractivity contribution >= 4 is 6.29 Å². The Morgan fingerprint density at radius 3 is 2.33 bits per heavy atom. The first-order chi connectivity index (χ1) is 2.81. The van der Waals surface area contributed by atoms with E-state index in [1.54, 1.807) is 0 Å². The molecule has 0 amide bonds. The first-order valence-electron chi connectivity index (χ1n) is 1.72. The van der Waals surface area contributed by atoms with Crippen molar-refractivity contribution < 1.29 is 4.79 Å². The number of carbonyl (C=O) groups is 1. The summed E-state index contributed by atoms with van der Waals surface area (Å²) in [7, 11) is 0. The SMILES string of the molecule is NCC(N)C=O. The third-order valence-corrected chi connectivity index (χ3v) is 0.447. The summed E-state index contributed by atoms with van der Waals surface area (Å²) in [6.07, 6.45) is 0.625. The van der Waals surface area contributed by atoms with Crippen LogP contribution < -0.4 is 11.5 Å². The van der Waals surface area contributed by atoms with Gasteiger partial charge in [0.2, 0.25) is 0 Å². The molecule has 0 saturated carbocycles. The monoisotopic (exact) mass is 88.1 g/mol. The van der Waals surface area contributed by atoms with Gasteiger partial charge >= 0.3 is 0 Å². The van der Waals surface area contributed by atoms with Gasteiger partial charge < -0.3 is 16.3 Å². The van der Waals surface area contributed by atoms with Crippen LogP contribution in [-0.2, 0) is 4.79 Å². The molecule has 0 rings (SSSR count). The van der Waals surface area contributed by atoms with Crippen molar-refractivity contribution in [1.29, 1.82) is 0 Å². The van der Waals surface area contributed by atoms with E-state index in [4.69, 9.17) is 11.5 Å². The molecular weight excluding hydrogens is 80.0 g/mol. The van der Waals surface area contributed by atoms with Gasteiger partial charge in [0.05, 0.1) is 6.04 Å². The summed E-state index contributed by atoms with van der Waals surface area (Å²) in [5.74, 6) is 0. The van der Waals surface area contributed by atoms with E-state index in [-0.39, 0.29) is 6.54 Å². The highest BCUT2D eigenvalue weighted by Crippen LogP contribution is 1.56. The third kappa shape index (κ3) is 1.87. The van der Waals surface area contributed by atoms with Crippen molar-refractivity contribution in [3.8, 4) is 0 Å². The van der Waals surface area contributed by atoms with Crippen molar-refractivity contribution in [3.05, 3.63) is 0 Å². The molecule has 0 aliphatic rings. The summed E-state index contributed by atoms with van der Waals surface area (Å²) in [5, 5.41) is 0. The Bertz CT molecular complexity index is 46.1. The Morgan fingerprint density at radius 1 is 1.83 bits per heavy atom. The molecule has 4 N–H and O–H groups in total. The molecule has 1 unspecified atom stereocenters. The van der Waals surface area contributed by atoms with Gasteiger partial charge in [-0.15, -0.1) is 0 Å². The smallest absolute Gasteiger partial charge is 0.137 e. The van der Waals surface area contributed by atoms with Gasteiger partial charge in [0.15, 0.2) is 0 Å². The van der Waals surface area contributed by atoms with Gasteiger partial charge in [0, 0.05) is 6.54 Å². The van der Waals surface area contributed by atoms with Crippen LogP contribution in [0.4, 0.5) is 0 Å². The van der Waals surface area contributed by atoms with Crippen LogP contribution in [0.1, 0.15) is 0 Å². The molecule has 0 aliphatic heterocycles. The maximum Gasteiger partial charge on any atom is 0.137 e. The summed E-state index contributed by atoms with van der Waals surface area (Å²) in [6, 6.07) is -0.468. The average Bonchev–Trinajstić information content (AvgIpc) is 1.65. The molecule has 0 heterocycles. The van der Waals surface area contributed by atoms with Crippen LogP contribution in [0.15, 0.2) is 0 Å². The second-order valence-corrected chi connectivity index (χ2v) is 1.04. The minimum Gasteiger partial charge on any atom is -0.329 e. The van der Waals surface area contributed by atoms with Crippen LogP contribution >= 0.6 is 0 Å². The van der Waals surface area contributed by atoms with E-state index < -0.39 is 6.04 Å². The number of hydrogen-bond acceptors (Lipinski definition) is 3. The molecule has 0 aromatic rings. The Morgan fingerprint density at radius 2 is 2.33 bits per heavy atom. The van der Waals surface area contributed by atoms with Crippen LogP contribution in [0.2, 0.25) is 0 Å². The normalized spacial score (nSPS) is 13.7. The largest absolute Gasteiger partial charge is 0.329 e. The zero-order chi connectivity index (χ0) is 4.99. The number of aldehydes is 1. The van der Waals surface area contributed by atoms with Crippen molar-refractivity contribution in [2.24, 2.45) is 11.5 Å². The van der Waals surface area contributed by atoms with Crippen LogP contribution in [0.5, 0.6) is 0 Å². The molecular formula is C3H8N2O. The first-order valence-corrected chi connectivity index (χ1v) is 1.72. The first kappa shape index (κ1) is 5.59. The molecule has 0 saturated heterocycles. The maximum atomic E-state index is 9.53. The van der Waals surface area contributed by atoms with E-state index in [0.717, 1.165) is 0 Å². The van der Waals surface area contributed by atoms with Crippen molar-refractivity contribution in [3.63, 3.8) is 0 Å². The molecule has 0 spiro atoms. The molecule has 0 aromatic carbocycles. The highest BCUT2D eigenvalue weighted by Gasteiger charge is 1.89. The summed E-state index contributed by atoms with van der Waals surface area (Å²) >= 11 is 0. The lowest BCUT2D eigenvalue weighted by Crippen LogP contribution is -2.30. The van der Waals surface area contributed by atoms with Crippen molar-refractivity contribution in [2.75, 3.05) is 6.54 Å². The molecule has 0 aromatic heterocycles. The lowest BCUT2D eigenvalue weighted by molar-refractivity contribution is -0.108. The summed E-state index contributed by atoms with van der Waals surface area (Å²) in [6.45, 7) is 0.240. The molecule has 6 heavy (non-hydrogen) atoms. The molecule has 1 atom stereocenters. The van der Waals surface area contributed by atoms with Gasteiger partial charge in [-0.1, -0.05) is 0 Å². The highest BCUT2D eigenvalue weighted by molar-refractivity contribution is 5.57. The quantitative estimate of drug-likeness (QED) is 0.402. The fourth-order valence-electron chi connectivity index (χ4n) is 0.0556. The fraction of sp³-hybridized carbons (Fsp3) is 0.667. The topological polar surface area (TPSA) is 69.1 Å². The minimum atomic E-state index is -0.468. The van der Waals surface area contributed by atoms with E-state index in [2.05, 4.69) is 0 Å². The van der Waals surface area contributed by atoms with E-state index >= 15 is 0 Å². The Kier molecular flexibility index (Phi) is 2.62. The van der Waals surface area contributed by atoms with E-state index in [1.807, 2.05) is 0 Å². The molecule has 0 bridgehead atoms. The van der Waals surface area contributed by atoms with Crippen molar-refractivity contribution in [2.45, 2.75) is 6.04 Å². The summed E-state index contributed by atoms with van der Waals surface area (Å²) in [5.41, 5.74) is 9.91. The molecule has 0 aliphatic carbocycles. The van der Waals surface area contributed by atoms with Crippen LogP contribution in [0.3, 0.4) is 0 Å². The molecule has 3 heteroatoms. The van der Waals surface area contributed by atoms with E-state index in [0.29, 0.717) is 6.29 Å². The van der Waals surface area contributed by atoms with Crippen molar-refractivity contribution in [1.82, 2.24) is 0 Å². The van der Waals surface area contributed by atoms with Gasteiger partial charge in [-0.05, 0) is 0 Å². The fourth-order valence-corrected chi connectivity index (χ4v) is 0.0556. The number of carbonyl (C=O) groups excluding carboxylic acids is 1. The second kappa shape index (κ2) is 2.81. The van der Waals surface area contributed by atoms with Crippen LogP contribution in [-0.4, -0.2) is 18.9 Å². The predicted octanol–water partition coefficient (Wildman–Crippen LogP) is -1.53. The van der Waals surface area contributed by atoms with E-state index in [9.17, 15) is 4.79 Å². The lowest BCUT2D eigenvalue weighted by Gasteiger charge is -1.91. The Labute approximate surface area is 36.3 Å². The molecule has 3 nitrogen and oxygen atoms in total. The average molecular weight is 88.1 g/mol.